The maximum atomic E-state index is 5.93. The molecule has 0 bridgehead atoms. The summed E-state index contributed by atoms with van der Waals surface area (Å²) < 4.78 is 1.19. The number of thiazole rings is 1. The van der Waals surface area contributed by atoms with Crippen LogP contribution in [0.4, 0.5) is 10.9 Å². The van der Waals surface area contributed by atoms with Crippen molar-refractivity contribution in [3.8, 4) is 0 Å². The van der Waals surface area contributed by atoms with Gasteiger partial charge < -0.3 is 5.32 Å². The van der Waals surface area contributed by atoms with Crippen LogP contribution in [0, 0.1) is 12.8 Å². The highest BCUT2D eigenvalue weighted by atomic mass is 35.5. The Kier molecular flexibility index (Phi) is 5.07. The summed E-state index contributed by atoms with van der Waals surface area (Å²) in [7, 11) is 0. The molecule has 1 fully saturated rings. The van der Waals surface area contributed by atoms with Gasteiger partial charge in [0.05, 0.1) is 10.2 Å². The van der Waals surface area contributed by atoms with E-state index in [1.807, 2.05) is 13.0 Å². The molecule has 5 nitrogen and oxygen atoms in total. The summed E-state index contributed by atoms with van der Waals surface area (Å²) in [6, 6.07) is 8.42. The van der Waals surface area contributed by atoms with Crippen LogP contribution in [0.25, 0.3) is 10.2 Å². The summed E-state index contributed by atoms with van der Waals surface area (Å²) in [6.45, 7) is 7.65. The van der Waals surface area contributed by atoms with Crippen molar-refractivity contribution in [3.63, 3.8) is 0 Å². The Hall–Kier alpha value is -1.76. The first kappa shape index (κ1) is 17.6. The van der Waals surface area contributed by atoms with E-state index in [4.69, 9.17) is 11.6 Å². The number of rotatable bonds is 4. The van der Waals surface area contributed by atoms with Crippen LogP contribution in [-0.2, 0) is 6.54 Å². The van der Waals surface area contributed by atoms with Gasteiger partial charge in [0.2, 0.25) is 5.28 Å². The number of anilines is 2. The zero-order chi connectivity index (χ0) is 18.1. The molecule has 0 radical (unpaired) electrons. The molecule has 1 saturated heterocycles. The van der Waals surface area contributed by atoms with Gasteiger partial charge in [-0.3, -0.25) is 4.90 Å². The predicted molar refractivity (Wildman–Crippen MR) is 108 cm³/mol. The number of fused-ring (bicyclic) bond motifs is 1. The lowest BCUT2D eigenvalue weighted by atomic mass is 9.99. The van der Waals surface area contributed by atoms with Crippen LogP contribution in [0.3, 0.4) is 0 Å². The van der Waals surface area contributed by atoms with Gasteiger partial charge in [-0.1, -0.05) is 24.3 Å². The molecule has 0 amide bonds. The third-order valence-electron chi connectivity index (χ3n) is 4.80. The van der Waals surface area contributed by atoms with Crippen molar-refractivity contribution < 1.29 is 0 Å². The Bertz CT molecular complexity index is 897. The molecule has 2 aromatic heterocycles. The zero-order valence-corrected chi connectivity index (χ0v) is 16.6. The van der Waals surface area contributed by atoms with E-state index in [2.05, 4.69) is 50.3 Å². The molecule has 0 spiro atoms. The number of nitrogens with zero attached hydrogens (tertiary/aromatic N) is 4. The Balaban J connectivity index is 1.50. The molecule has 4 rings (SSSR count). The molecule has 0 unspecified atom stereocenters. The summed E-state index contributed by atoms with van der Waals surface area (Å²) in [5.41, 5.74) is 3.18. The lowest BCUT2D eigenvalue weighted by molar-refractivity contribution is 0.185. The fourth-order valence-electron chi connectivity index (χ4n) is 3.31. The second-order valence-electron chi connectivity index (χ2n) is 7.07. The molecule has 1 aliphatic heterocycles. The normalized spacial score (nSPS) is 16.3. The van der Waals surface area contributed by atoms with Crippen LogP contribution in [0.1, 0.15) is 31.0 Å². The third-order valence-corrected chi connectivity index (χ3v) is 5.90. The standard InChI is InChI=1S/C19H22ClN5S/c1-12-5-7-25(8-6-12)11-14-3-4-15-16(10-14)26-19(22-15)24-17-9-13(2)21-18(20)23-17/h3-4,9-10,12H,5-8,11H2,1-2H3,(H,21,22,23,24). The molecule has 0 saturated carbocycles. The molecule has 1 aliphatic rings. The highest BCUT2D eigenvalue weighted by molar-refractivity contribution is 7.22. The van der Waals surface area contributed by atoms with Gasteiger partial charge in [-0.05, 0) is 68.1 Å². The van der Waals surface area contributed by atoms with Gasteiger partial charge in [0.1, 0.15) is 5.82 Å². The van der Waals surface area contributed by atoms with Crippen molar-refractivity contribution in [2.45, 2.75) is 33.2 Å². The highest BCUT2D eigenvalue weighted by Gasteiger charge is 2.16. The van der Waals surface area contributed by atoms with E-state index >= 15 is 0 Å². The molecule has 0 atom stereocenters. The van der Waals surface area contributed by atoms with Gasteiger partial charge >= 0.3 is 0 Å². The van der Waals surface area contributed by atoms with Crippen LogP contribution in [0.15, 0.2) is 24.3 Å². The van der Waals surface area contributed by atoms with Gasteiger partial charge in [0, 0.05) is 18.3 Å². The Morgan fingerprint density at radius 1 is 1.19 bits per heavy atom. The van der Waals surface area contributed by atoms with Crippen LogP contribution >= 0.6 is 22.9 Å². The Morgan fingerprint density at radius 3 is 2.77 bits per heavy atom. The van der Waals surface area contributed by atoms with E-state index in [9.17, 15) is 0 Å². The topological polar surface area (TPSA) is 53.9 Å². The summed E-state index contributed by atoms with van der Waals surface area (Å²) in [4.78, 5) is 15.5. The average molecular weight is 388 g/mol. The minimum absolute atomic E-state index is 0.242. The van der Waals surface area contributed by atoms with E-state index in [0.717, 1.165) is 28.8 Å². The molecule has 1 aromatic carbocycles. The Labute approximate surface area is 162 Å². The summed E-state index contributed by atoms with van der Waals surface area (Å²) in [5.74, 6) is 1.53. The molecular formula is C19H22ClN5S. The van der Waals surface area contributed by atoms with E-state index in [1.54, 1.807) is 11.3 Å². The number of halogens is 1. The summed E-state index contributed by atoms with van der Waals surface area (Å²) >= 11 is 7.57. The number of aryl methyl sites for hydroxylation is 1. The molecule has 3 aromatic rings. The van der Waals surface area contributed by atoms with Gasteiger partial charge in [-0.15, -0.1) is 0 Å². The van der Waals surface area contributed by atoms with Gasteiger partial charge in [0.25, 0.3) is 0 Å². The minimum atomic E-state index is 0.242. The third kappa shape index (κ3) is 4.14. The number of likely N-dealkylation sites (tertiary alicyclic amines) is 1. The SMILES string of the molecule is Cc1cc(Nc2nc3ccc(CN4CCC(C)CC4)cc3s2)nc(Cl)n1. The van der Waals surface area contributed by atoms with Crippen LogP contribution < -0.4 is 5.32 Å². The number of piperidine rings is 1. The first-order chi connectivity index (χ1) is 12.5. The molecule has 7 heteroatoms. The summed E-state index contributed by atoms with van der Waals surface area (Å²) in [6.07, 6.45) is 2.61. The van der Waals surface area contributed by atoms with E-state index < -0.39 is 0 Å². The first-order valence-electron chi connectivity index (χ1n) is 8.95. The fraction of sp³-hybridized carbons (Fsp3) is 0.421. The number of hydrogen-bond donors (Lipinski definition) is 1. The van der Waals surface area contributed by atoms with Crippen molar-refractivity contribution >= 4 is 44.1 Å². The molecule has 3 heterocycles. The van der Waals surface area contributed by atoms with Gasteiger partial charge in [-0.25, -0.2) is 15.0 Å². The van der Waals surface area contributed by atoms with Crippen molar-refractivity contribution in [3.05, 3.63) is 40.8 Å². The molecule has 1 N–H and O–H groups in total. The van der Waals surface area contributed by atoms with Crippen molar-refractivity contribution in [2.24, 2.45) is 5.92 Å². The number of hydrogen-bond acceptors (Lipinski definition) is 6. The van der Waals surface area contributed by atoms with Crippen LogP contribution in [0.2, 0.25) is 5.28 Å². The fourth-order valence-corrected chi connectivity index (χ4v) is 4.47. The largest absolute Gasteiger partial charge is 0.316 e. The molecule has 26 heavy (non-hydrogen) atoms. The maximum Gasteiger partial charge on any atom is 0.224 e. The second kappa shape index (κ2) is 7.47. The number of benzene rings is 1. The van der Waals surface area contributed by atoms with Crippen molar-refractivity contribution in [2.75, 3.05) is 18.4 Å². The van der Waals surface area contributed by atoms with Crippen molar-refractivity contribution in [1.29, 1.82) is 0 Å². The number of nitrogens with one attached hydrogen (secondary N) is 1. The highest BCUT2D eigenvalue weighted by Crippen LogP contribution is 2.29. The monoisotopic (exact) mass is 387 g/mol. The summed E-state index contributed by atoms with van der Waals surface area (Å²) in [5, 5.41) is 4.30. The van der Waals surface area contributed by atoms with Crippen molar-refractivity contribution in [1.82, 2.24) is 19.9 Å². The average Bonchev–Trinajstić information content (AvgIpc) is 2.97. The lowest BCUT2D eigenvalue weighted by Crippen LogP contribution is -2.32. The number of aromatic nitrogens is 3. The Morgan fingerprint density at radius 2 is 2.00 bits per heavy atom. The molecular weight excluding hydrogens is 366 g/mol. The van der Waals surface area contributed by atoms with Gasteiger partial charge in [-0.2, -0.15) is 0 Å². The smallest absolute Gasteiger partial charge is 0.224 e. The van der Waals surface area contributed by atoms with Crippen LogP contribution in [-0.4, -0.2) is 32.9 Å². The molecule has 136 valence electrons. The first-order valence-corrected chi connectivity index (χ1v) is 10.1. The van der Waals surface area contributed by atoms with Gasteiger partial charge in [0.15, 0.2) is 5.13 Å². The maximum absolute atomic E-state index is 5.93. The van der Waals surface area contributed by atoms with E-state index in [1.165, 1.54) is 36.2 Å². The van der Waals surface area contributed by atoms with Crippen LogP contribution in [0.5, 0.6) is 0 Å². The lowest BCUT2D eigenvalue weighted by Gasteiger charge is -2.30. The zero-order valence-electron chi connectivity index (χ0n) is 15.0. The second-order valence-corrected chi connectivity index (χ2v) is 8.44. The predicted octanol–water partition coefficient (Wildman–Crippen LogP) is 5.02. The van der Waals surface area contributed by atoms with E-state index in [-0.39, 0.29) is 5.28 Å². The van der Waals surface area contributed by atoms with E-state index in [0.29, 0.717) is 5.82 Å². The minimum Gasteiger partial charge on any atom is -0.316 e. The quantitative estimate of drug-likeness (QED) is 0.636. The molecule has 0 aliphatic carbocycles.